The number of aromatic nitrogens is 3. The van der Waals surface area contributed by atoms with Crippen molar-refractivity contribution in [3.8, 4) is 11.4 Å². The van der Waals surface area contributed by atoms with Crippen molar-refractivity contribution in [2.45, 2.75) is 26.4 Å². The van der Waals surface area contributed by atoms with Gasteiger partial charge < -0.3 is 4.90 Å². The largest absolute Gasteiger partial charge is 0.341 e. The standard InChI is InChI=1S/C20H21ClN4OS/c1-14-6-5-8-15(12-14)19-22-23-20(27)25(19)11-10-18(26)24(2)13-16-7-3-4-9-17(16)21/h3-9,12H,10-11,13H2,1-2H3,(H,23,27). The first-order valence-corrected chi connectivity index (χ1v) is 9.44. The first kappa shape index (κ1) is 19.3. The van der Waals surface area contributed by atoms with Crippen molar-refractivity contribution in [1.82, 2.24) is 19.7 Å². The van der Waals surface area contributed by atoms with Crippen molar-refractivity contribution in [1.29, 1.82) is 0 Å². The lowest BCUT2D eigenvalue weighted by Crippen LogP contribution is -2.27. The molecule has 2 aromatic carbocycles. The van der Waals surface area contributed by atoms with E-state index < -0.39 is 0 Å². The first-order chi connectivity index (χ1) is 13.0. The molecule has 0 aliphatic heterocycles. The van der Waals surface area contributed by atoms with Crippen LogP contribution in [0.2, 0.25) is 5.02 Å². The zero-order valence-corrected chi connectivity index (χ0v) is 16.8. The minimum absolute atomic E-state index is 0.0215. The zero-order valence-electron chi connectivity index (χ0n) is 15.3. The molecule has 0 saturated heterocycles. The van der Waals surface area contributed by atoms with Gasteiger partial charge in [0.05, 0.1) is 0 Å². The molecule has 1 aromatic heterocycles. The molecule has 1 N–H and O–H groups in total. The van der Waals surface area contributed by atoms with Gasteiger partial charge in [-0.1, -0.05) is 53.6 Å². The smallest absolute Gasteiger partial charge is 0.224 e. The summed E-state index contributed by atoms with van der Waals surface area (Å²) >= 11 is 11.5. The van der Waals surface area contributed by atoms with E-state index in [9.17, 15) is 4.79 Å². The minimum atomic E-state index is 0.0215. The van der Waals surface area contributed by atoms with Crippen LogP contribution >= 0.6 is 23.8 Å². The van der Waals surface area contributed by atoms with Crippen LogP contribution in [-0.2, 0) is 17.9 Å². The van der Waals surface area contributed by atoms with Gasteiger partial charge in [0.25, 0.3) is 0 Å². The maximum atomic E-state index is 12.6. The molecule has 3 rings (SSSR count). The Labute approximate surface area is 168 Å². The van der Waals surface area contributed by atoms with Crippen molar-refractivity contribution in [2.24, 2.45) is 0 Å². The molecule has 0 bridgehead atoms. The summed E-state index contributed by atoms with van der Waals surface area (Å²) < 4.78 is 2.37. The van der Waals surface area contributed by atoms with Crippen LogP contribution < -0.4 is 0 Å². The molecule has 0 radical (unpaired) electrons. The van der Waals surface area contributed by atoms with Crippen molar-refractivity contribution >= 4 is 29.7 Å². The van der Waals surface area contributed by atoms with Gasteiger partial charge in [0.2, 0.25) is 5.91 Å². The monoisotopic (exact) mass is 400 g/mol. The van der Waals surface area contributed by atoms with E-state index in [1.54, 1.807) is 11.9 Å². The lowest BCUT2D eigenvalue weighted by molar-refractivity contribution is -0.130. The Morgan fingerprint density at radius 2 is 2.04 bits per heavy atom. The van der Waals surface area contributed by atoms with Crippen LogP contribution in [-0.4, -0.2) is 32.6 Å². The van der Waals surface area contributed by atoms with E-state index in [0.29, 0.717) is 29.3 Å². The molecule has 27 heavy (non-hydrogen) atoms. The van der Waals surface area contributed by atoms with Crippen LogP contribution in [0.4, 0.5) is 0 Å². The van der Waals surface area contributed by atoms with Crippen LogP contribution in [0.25, 0.3) is 11.4 Å². The predicted octanol–water partition coefficient (Wildman–Crippen LogP) is 4.62. The Kier molecular flexibility index (Phi) is 6.08. The highest BCUT2D eigenvalue weighted by molar-refractivity contribution is 7.71. The van der Waals surface area contributed by atoms with Crippen molar-refractivity contribution in [3.63, 3.8) is 0 Å². The summed E-state index contributed by atoms with van der Waals surface area (Å²) in [7, 11) is 1.78. The number of nitrogens with one attached hydrogen (secondary N) is 1. The summed E-state index contributed by atoms with van der Waals surface area (Å²) in [4.78, 5) is 14.2. The van der Waals surface area contributed by atoms with E-state index in [2.05, 4.69) is 10.2 Å². The van der Waals surface area contributed by atoms with Crippen LogP contribution in [0.5, 0.6) is 0 Å². The number of carbonyl (C=O) groups excluding carboxylic acids is 1. The molecule has 0 atom stereocenters. The Balaban J connectivity index is 1.70. The van der Waals surface area contributed by atoms with Gasteiger partial charge in [-0.2, -0.15) is 5.10 Å². The molecular weight excluding hydrogens is 380 g/mol. The highest BCUT2D eigenvalue weighted by Crippen LogP contribution is 2.20. The number of rotatable bonds is 6. The molecule has 7 heteroatoms. The van der Waals surface area contributed by atoms with Gasteiger partial charge >= 0.3 is 0 Å². The SMILES string of the molecule is Cc1cccc(-c2n[nH]c(=S)n2CCC(=O)N(C)Cc2ccccc2Cl)c1. The number of hydrogen-bond donors (Lipinski definition) is 1. The molecule has 3 aromatic rings. The molecule has 0 unspecified atom stereocenters. The number of hydrogen-bond acceptors (Lipinski definition) is 3. The zero-order chi connectivity index (χ0) is 19.4. The van der Waals surface area contributed by atoms with E-state index in [0.717, 1.165) is 22.5 Å². The highest BCUT2D eigenvalue weighted by Gasteiger charge is 2.14. The van der Waals surface area contributed by atoms with Gasteiger partial charge in [0.1, 0.15) is 0 Å². The second kappa shape index (κ2) is 8.50. The van der Waals surface area contributed by atoms with Crippen LogP contribution in [0.15, 0.2) is 48.5 Å². The van der Waals surface area contributed by atoms with E-state index in [-0.39, 0.29) is 5.91 Å². The van der Waals surface area contributed by atoms with Gasteiger partial charge in [-0.3, -0.25) is 14.5 Å². The maximum Gasteiger partial charge on any atom is 0.224 e. The Hall–Kier alpha value is -2.44. The summed E-state index contributed by atoms with van der Waals surface area (Å²) in [6, 6.07) is 15.6. The minimum Gasteiger partial charge on any atom is -0.341 e. The molecule has 1 amide bonds. The van der Waals surface area contributed by atoms with Gasteiger partial charge in [-0.05, 0) is 36.8 Å². The topological polar surface area (TPSA) is 53.9 Å². The third-order valence-corrected chi connectivity index (χ3v) is 5.06. The summed E-state index contributed by atoms with van der Waals surface area (Å²) in [6.07, 6.45) is 0.327. The third kappa shape index (κ3) is 4.64. The van der Waals surface area contributed by atoms with E-state index in [1.807, 2.05) is 60.0 Å². The van der Waals surface area contributed by atoms with Crippen LogP contribution in [0.1, 0.15) is 17.5 Å². The number of amides is 1. The molecule has 0 saturated carbocycles. The average Bonchev–Trinajstić information content (AvgIpc) is 3.02. The Morgan fingerprint density at radius 1 is 1.26 bits per heavy atom. The fourth-order valence-corrected chi connectivity index (χ4v) is 3.32. The molecular formula is C20H21ClN4OS. The van der Waals surface area contributed by atoms with Crippen LogP contribution in [0, 0.1) is 11.7 Å². The van der Waals surface area contributed by atoms with E-state index in [1.165, 1.54) is 0 Å². The van der Waals surface area contributed by atoms with Crippen molar-refractivity contribution < 1.29 is 4.79 Å². The molecule has 0 spiro atoms. The lowest BCUT2D eigenvalue weighted by atomic mass is 10.1. The summed E-state index contributed by atoms with van der Waals surface area (Å²) in [5, 5.41) is 7.82. The number of carbonyl (C=O) groups is 1. The molecule has 0 fully saturated rings. The number of aromatic amines is 1. The average molecular weight is 401 g/mol. The maximum absolute atomic E-state index is 12.6. The second-order valence-corrected chi connectivity index (χ2v) is 7.26. The molecule has 0 aliphatic rings. The number of H-pyrrole nitrogens is 1. The first-order valence-electron chi connectivity index (χ1n) is 8.65. The van der Waals surface area contributed by atoms with Gasteiger partial charge in [0, 0.05) is 37.1 Å². The lowest BCUT2D eigenvalue weighted by Gasteiger charge is -2.18. The molecule has 140 valence electrons. The van der Waals surface area contributed by atoms with Crippen molar-refractivity contribution in [2.75, 3.05) is 7.05 Å². The summed E-state index contributed by atoms with van der Waals surface area (Å²) in [6.45, 7) is 2.96. The third-order valence-electron chi connectivity index (χ3n) is 4.37. The second-order valence-electron chi connectivity index (χ2n) is 6.46. The van der Waals surface area contributed by atoms with Gasteiger partial charge in [-0.15, -0.1) is 0 Å². The van der Waals surface area contributed by atoms with Crippen molar-refractivity contribution in [3.05, 3.63) is 69.5 Å². The predicted molar refractivity (Wildman–Crippen MR) is 110 cm³/mol. The highest BCUT2D eigenvalue weighted by atomic mass is 35.5. The fraction of sp³-hybridized carbons (Fsp3) is 0.250. The number of benzene rings is 2. The van der Waals surface area contributed by atoms with Crippen LogP contribution in [0.3, 0.4) is 0 Å². The molecule has 5 nitrogen and oxygen atoms in total. The van der Waals surface area contributed by atoms with E-state index >= 15 is 0 Å². The number of halogens is 1. The summed E-state index contributed by atoms with van der Waals surface area (Å²) in [5.41, 5.74) is 3.04. The van der Waals surface area contributed by atoms with Gasteiger partial charge in [0.15, 0.2) is 10.6 Å². The molecule has 1 heterocycles. The summed E-state index contributed by atoms with van der Waals surface area (Å²) in [5.74, 6) is 0.762. The molecule has 0 aliphatic carbocycles. The number of aryl methyl sites for hydroxylation is 1. The normalized spacial score (nSPS) is 10.8. The van der Waals surface area contributed by atoms with Gasteiger partial charge in [-0.25, -0.2) is 0 Å². The fourth-order valence-electron chi connectivity index (χ4n) is 2.90. The Bertz CT molecular complexity index is 1010. The van der Waals surface area contributed by atoms with E-state index in [4.69, 9.17) is 23.8 Å². The Morgan fingerprint density at radius 3 is 2.78 bits per heavy atom. The quantitative estimate of drug-likeness (QED) is 0.614. The number of nitrogens with zero attached hydrogens (tertiary/aromatic N) is 3.